The van der Waals surface area contributed by atoms with Gasteiger partial charge in [0.2, 0.25) is 19.2 Å². The predicted octanol–water partition coefficient (Wildman–Crippen LogP) is 2.61. The van der Waals surface area contributed by atoms with Crippen molar-refractivity contribution in [2.75, 3.05) is 0 Å². The lowest BCUT2D eigenvalue weighted by molar-refractivity contribution is -0.385. The second-order valence-corrected chi connectivity index (χ2v) is 7.18. The van der Waals surface area contributed by atoms with E-state index in [0.717, 1.165) is 12.1 Å². The molecule has 0 radical (unpaired) electrons. The molecule has 7 nitrogen and oxygen atoms in total. The standard InChI is InChI=1S/C10H6F3N3O4S2/c1-5-2-3-6(4-7(5)16(17)18)22(19,20)9-15-14-8(21-9)10(11,12)13/h2-4H,1H3. The van der Waals surface area contributed by atoms with Crippen molar-refractivity contribution in [2.45, 2.75) is 22.3 Å². The first kappa shape index (κ1) is 16.3. The summed E-state index contributed by atoms with van der Waals surface area (Å²) in [7, 11) is -4.41. The molecule has 1 aromatic carbocycles. The van der Waals surface area contributed by atoms with Crippen molar-refractivity contribution in [3.05, 3.63) is 38.9 Å². The lowest BCUT2D eigenvalue weighted by atomic mass is 10.2. The van der Waals surface area contributed by atoms with E-state index < -0.39 is 40.9 Å². The minimum atomic E-state index is -4.81. The normalized spacial score (nSPS) is 12.4. The van der Waals surface area contributed by atoms with E-state index in [2.05, 4.69) is 10.2 Å². The van der Waals surface area contributed by atoms with Gasteiger partial charge in [-0.1, -0.05) is 17.4 Å². The quantitative estimate of drug-likeness (QED) is 0.621. The number of alkyl halides is 3. The van der Waals surface area contributed by atoms with Crippen LogP contribution in [0.5, 0.6) is 0 Å². The first-order chi connectivity index (χ1) is 10.0. The van der Waals surface area contributed by atoms with Crippen LogP contribution in [0.15, 0.2) is 27.4 Å². The zero-order valence-corrected chi connectivity index (χ0v) is 12.3. The van der Waals surface area contributed by atoms with Gasteiger partial charge in [0, 0.05) is 11.6 Å². The Bertz CT molecular complexity index is 845. The highest BCUT2D eigenvalue weighted by Gasteiger charge is 2.38. The highest BCUT2D eigenvalue weighted by atomic mass is 32.2. The van der Waals surface area contributed by atoms with Gasteiger partial charge in [0.15, 0.2) is 0 Å². The number of aryl methyl sites for hydroxylation is 1. The smallest absolute Gasteiger partial charge is 0.258 e. The summed E-state index contributed by atoms with van der Waals surface area (Å²) in [6.45, 7) is 1.40. The van der Waals surface area contributed by atoms with Crippen LogP contribution < -0.4 is 0 Å². The maximum Gasteiger partial charge on any atom is 0.445 e. The Balaban J connectivity index is 2.54. The van der Waals surface area contributed by atoms with Crippen LogP contribution >= 0.6 is 11.3 Å². The molecule has 118 valence electrons. The molecule has 2 aromatic rings. The van der Waals surface area contributed by atoms with Crippen LogP contribution in [0.2, 0.25) is 0 Å². The molecule has 12 heteroatoms. The molecule has 0 saturated heterocycles. The molecule has 0 saturated carbocycles. The Hall–Kier alpha value is -2.08. The number of halogens is 3. The van der Waals surface area contributed by atoms with Crippen molar-refractivity contribution in [3.63, 3.8) is 0 Å². The van der Waals surface area contributed by atoms with Crippen LogP contribution in [-0.4, -0.2) is 23.5 Å². The third-order valence-corrected chi connectivity index (χ3v) is 5.65. The first-order valence-electron chi connectivity index (χ1n) is 5.44. The number of rotatable bonds is 3. The number of nitrogens with zero attached hydrogens (tertiary/aromatic N) is 3. The lowest BCUT2D eigenvalue weighted by Crippen LogP contribution is -2.03. The molecule has 0 aliphatic carbocycles. The van der Waals surface area contributed by atoms with Crippen LogP contribution in [0, 0.1) is 17.0 Å². The fraction of sp³-hybridized carbons (Fsp3) is 0.200. The number of hydrogen-bond acceptors (Lipinski definition) is 7. The van der Waals surface area contributed by atoms with Gasteiger partial charge in [-0.15, -0.1) is 10.2 Å². The fourth-order valence-electron chi connectivity index (χ4n) is 1.49. The summed E-state index contributed by atoms with van der Waals surface area (Å²) in [6, 6.07) is 3.03. The maximum absolute atomic E-state index is 12.4. The molecule has 0 spiro atoms. The van der Waals surface area contributed by atoms with Crippen molar-refractivity contribution in [3.8, 4) is 0 Å². The van der Waals surface area contributed by atoms with Crippen molar-refractivity contribution >= 4 is 26.9 Å². The minimum Gasteiger partial charge on any atom is -0.258 e. The first-order valence-corrected chi connectivity index (χ1v) is 7.74. The molecule has 0 atom stereocenters. The van der Waals surface area contributed by atoms with Gasteiger partial charge in [0.25, 0.3) is 5.69 Å². The Morgan fingerprint density at radius 2 is 1.91 bits per heavy atom. The predicted molar refractivity (Wildman–Crippen MR) is 68.2 cm³/mol. The van der Waals surface area contributed by atoms with E-state index in [-0.39, 0.29) is 16.9 Å². The molecule has 22 heavy (non-hydrogen) atoms. The van der Waals surface area contributed by atoms with Gasteiger partial charge in [-0.25, -0.2) is 8.42 Å². The molecule has 0 bridgehead atoms. The number of nitro benzene ring substituents is 1. The summed E-state index contributed by atoms with van der Waals surface area (Å²) in [5, 5.41) is 15.2. The zero-order chi connectivity index (χ0) is 16.7. The molecule has 1 heterocycles. The van der Waals surface area contributed by atoms with Gasteiger partial charge in [-0.2, -0.15) is 13.2 Å². The van der Waals surface area contributed by atoms with E-state index in [1.807, 2.05) is 0 Å². The second-order valence-electron chi connectivity index (χ2n) is 4.08. The SMILES string of the molecule is Cc1ccc(S(=O)(=O)c2nnc(C(F)(F)F)s2)cc1[N+](=O)[O-]. The third kappa shape index (κ3) is 2.92. The Labute approximate surface area is 125 Å². The topological polar surface area (TPSA) is 103 Å². The molecule has 1 aromatic heterocycles. The molecule has 0 fully saturated rings. The number of aromatic nitrogens is 2. The number of benzene rings is 1. The number of sulfone groups is 1. The van der Waals surface area contributed by atoms with Crippen molar-refractivity contribution in [2.24, 2.45) is 0 Å². The van der Waals surface area contributed by atoms with E-state index in [0.29, 0.717) is 0 Å². The van der Waals surface area contributed by atoms with Crippen LogP contribution in [0.25, 0.3) is 0 Å². The Kier molecular flexibility index (Phi) is 3.91. The minimum absolute atomic E-state index is 0.145. The highest BCUT2D eigenvalue weighted by molar-refractivity contribution is 7.93. The molecule has 0 aliphatic heterocycles. The van der Waals surface area contributed by atoms with Gasteiger partial charge < -0.3 is 0 Å². The van der Waals surface area contributed by atoms with Crippen LogP contribution in [0.3, 0.4) is 0 Å². The average Bonchev–Trinajstić information content (AvgIpc) is 2.88. The van der Waals surface area contributed by atoms with Gasteiger partial charge in [-0.05, 0) is 13.0 Å². The fourth-order valence-corrected chi connectivity index (χ4v) is 3.76. The van der Waals surface area contributed by atoms with Crippen LogP contribution in [0.1, 0.15) is 10.6 Å². The number of nitro groups is 1. The summed E-state index contributed by atoms with van der Waals surface area (Å²) < 4.78 is 60.8. The molecular formula is C10H6F3N3O4S2. The van der Waals surface area contributed by atoms with E-state index >= 15 is 0 Å². The third-order valence-electron chi connectivity index (χ3n) is 2.57. The summed E-state index contributed by atoms with van der Waals surface area (Å²) in [4.78, 5) is 9.51. The average molecular weight is 353 g/mol. The zero-order valence-electron chi connectivity index (χ0n) is 10.7. The van der Waals surface area contributed by atoms with E-state index in [1.54, 1.807) is 0 Å². The van der Waals surface area contributed by atoms with Crippen molar-refractivity contribution in [1.82, 2.24) is 10.2 Å². The molecule has 0 N–H and O–H groups in total. The van der Waals surface area contributed by atoms with E-state index in [4.69, 9.17) is 0 Å². The van der Waals surface area contributed by atoms with Crippen molar-refractivity contribution in [1.29, 1.82) is 0 Å². The molecule has 2 rings (SSSR count). The molecule has 0 amide bonds. The molecule has 0 aliphatic rings. The Morgan fingerprint density at radius 1 is 1.27 bits per heavy atom. The van der Waals surface area contributed by atoms with E-state index in [9.17, 15) is 31.7 Å². The largest absolute Gasteiger partial charge is 0.445 e. The van der Waals surface area contributed by atoms with E-state index in [1.165, 1.54) is 13.0 Å². The summed E-state index contributed by atoms with van der Waals surface area (Å²) in [5.41, 5.74) is -0.237. The van der Waals surface area contributed by atoms with Gasteiger partial charge >= 0.3 is 6.18 Å². The van der Waals surface area contributed by atoms with Gasteiger partial charge in [-0.3, -0.25) is 10.1 Å². The maximum atomic E-state index is 12.4. The summed E-state index contributed by atoms with van der Waals surface area (Å²) in [5.74, 6) is 0. The highest BCUT2D eigenvalue weighted by Crippen LogP contribution is 2.35. The summed E-state index contributed by atoms with van der Waals surface area (Å²) in [6.07, 6.45) is -4.81. The van der Waals surface area contributed by atoms with Crippen LogP contribution in [0.4, 0.5) is 18.9 Å². The van der Waals surface area contributed by atoms with Gasteiger partial charge in [0.05, 0.1) is 9.82 Å². The Morgan fingerprint density at radius 3 is 2.41 bits per heavy atom. The van der Waals surface area contributed by atoms with Crippen molar-refractivity contribution < 1.29 is 26.5 Å². The monoisotopic (exact) mass is 353 g/mol. The molecular weight excluding hydrogens is 347 g/mol. The second kappa shape index (κ2) is 5.28. The summed E-state index contributed by atoms with van der Waals surface area (Å²) >= 11 is -0.145. The molecule has 0 unspecified atom stereocenters. The lowest BCUT2D eigenvalue weighted by Gasteiger charge is -2.02. The van der Waals surface area contributed by atoms with Gasteiger partial charge in [0.1, 0.15) is 0 Å². The van der Waals surface area contributed by atoms with Crippen LogP contribution in [-0.2, 0) is 16.0 Å². The number of hydrogen-bond donors (Lipinski definition) is 0.